The lowest BCUT2D eigenvalue weighted by Gasteiger charge is -2.31. The van der Waals surface area contributed by atoms with Gasteiger partial charge in [0.1, 0.15) is 0 Å². The third-order valence-electron chi connectivity index (χ3n) is 6.00. The van der Waals surface area contributed by atoms with Crippen LogP contribution in [-0.4, -0.2) is 11.6 Å². The quantitative estimate of drug-likeness (QED) is 0.185. The van der Waals surface area contributed by atoms with Crippen LogP contribution in [0.2, 0.25) is 0 Å². The number of carbonyl (C=O) groups excluding carboxylic acids is 1. The Kier molecular flexibility index (Phi) is 6.53. The molecule has 2 unspecified atom stereocenters. The first-order chi connectivity index (χ1) is 15.5. The van der Waals surface area contributed by atoms with Crippen molar-refractivity contribution in [1.82, 2.24) is 0 Å². The third kappa shape index (κ3) is 4.52. The Morgan fingerprint density at radius 1 is 1.00 bits per heavy atom. The fourth-order valence-corrected chi connectivity index (χ4v) is 6.44. The lowest BCUT2D eigenvalue weighted by atomic mass is 9.85. The monoisotopic (exact) mass is 439 g/mol. The van der Waals surface area contributed by atoms with Crippen LogP contribution >= 0.6 is 0 Å². The summed E-state index contributed by atoms with van der Waals surface area (Å²) < 4.78 is 5.94. The fraction of sp³-hybridized carbons (Fsp3) is 0.207. The fourth-order valence-electron chi connectivity index (χ4n) is 4.30. The second kappa shape index (κ2) is 9.51. The molecule has 0 amide bonds. The molecule has 0 radical (unpaired) electrons. The van der Waals surface area contributed by atoms with Gasteiger partial charge >= 0.3 is 5.97 Å². The molecule has 0 bridgehead atoms. The standard InChI is InChI=1S/C29H27O2S/c1-4-29(3,27-20-11-13-22(27)2)31-28(30)23-14-12-19-26(21-23)32(24-15-7-5-8-16-24)25-17-9-6-10-18-25/h1,5-10,12,14-19,21,27H,2,11,13,20H2,3H3/q+1. The largest absolute Gasteiger partial charge is 0.442 e. The van der Waals surface area contributed by atoms with Gasteiger partial charge in [0, 0.05) is 12.0 Å². The van der Waals surface area contributed by atoms with Gasteiger partial charge in [0.2, 0.25) is 0 Å². The van der Waals surface area contributed by atoms with E-state index < -0.39 is 11.6 Å². The van der Waals surface area contributed by atoms with E-state index in [2.05, 4.69) is 42.8 Å². The van der Waals surface area contributed by atoms with Crippen molar-refractivity contribution in [3.8, 4) is 12.3 Å². The smallest absolute Gasteiger partial charge is 0.339 e. The van der Waals surface area contributed by atoms with Gasteiger partial charge in [-0.15, -0.1) is 6.42 Å². The molecule has 0 aromatic heterocycles. The Bertz CT molecular complexity index is 1110. The van der Waals surface area contributed by atoms with Crippen molar-refractivity contribution in [3.05, 3.63) is 103 Å². The predicted molar refractivity (Wildman–Crippen MR) is 131 cm³/mol. The summed E-state index contributed by atoms with van der Waals surface area (Å²) in [6, 6.07) is 28.4. The number of hydrogen-bond donors (Lipinski definition) is 0. The number of hydrogen-bond acceptors (Lipinski definition) is 2. The van der Waals surface area contributed by atoms with E-state index in [4.69, 9.17) is 11.2 Å². The Morgan fingerprint density at radius 2 is 1.59 bits per heavy atom. The van der Waals surface area contributed by atoms with Crippen LogP contribution in [0, 0.1) is 18.3 Å². The number of esters is 1. The van der Waals surface area contributed by atoms with Crippen molar-refractivity contribution in [1.29, 1.82) is 0 Å². The molecular weight excluding hydrogens is 412 g/mol. The van der Waals surface area contributed by atoms with Crippen molar-refractivity contribution in [2.45, 2.75) is 46.5 Å². The van der Waals surface area contributed by atoms with Crippen molar-refractivity contribution in [3.63, 3.8) is 0 Å². The van der Waals surface area contributed by atoms with Crippen LogP contribution in [-0.2, 0) is 15.6 Å². The first kappa shape index (κ1) is 22.0. The molecule has 32 heavy (non-hydrogen) atoms. The van der Waals surface area contributed by atoms with Crippen molar-refractivity contribution < 1.29 is 9.53 Å². The van der Waals surface area contributed by atoms with Gasteiger partial charge in [0.05, 0.1) is 16.5 Å². The molecule has 0 heterocycles. The lowest BCUT2D eigenvalue weighted by Crippen LogP contribution is -2.38. The van der Waals surface area contributed by atoms with Gasteiger partial charge in [-0.25, -0.2) is 4.79 Å². The molecule has 0 aliphatic heterocycles. The molecule has 3 heteroatoms. The molecule has 2 nitrogen and oxygen atoms in total. The molecule has 3 aromatic rings. The number of carbonyl (C=O) groups is 1. The average molecular weight is 440 g/mol. The molecule has 0 saturated heterocycles. The van der Waals surface area contributed by atoms with Gasteiger partial charge in [0.15, 0.2) is 20.3 Å². The van der Waals surface area contributed by atoms with Crippen LogP contribution in [0.1, 0.15) is 36.5 Å². The maximum atomic E-state index is 13.2. The van der Waals surface area contributed by atoms with Gasteiger partial charge in [-0.3, -0.25) is 0 Å². The SMILES string of the molecule is C#CC(C)(OC(=O)c1cccc([S+](c2ccccc2)c2ccccc2)c1)C1CCCC1=C. The number of terminal acetylenes is 1. The Labute approximate surface area is 193 Å². The van der Waals surface area contributed by atoms with Gasteiger partial charge in [-0.1, -0.05) is 60.5 Å². The highest BCUT2D eigenvalue weighted by Crippen LogP contribution is 2.40. The summed E-state index contributed by atoms with van der Waals surface area (Å²) in [5, 5.41) is 0. The van der Waals surface area contributed by atoms with E-state index in [-0.39, 0.29) is 16.8 Å². The summed E-state index contributed by atoms with van der Waals surface area (Å²) in [6.45, 7) is 5.98. The highest BCUT2D eigenvalue weighted by atomic mass is 32.2. The molecular formula is C29H27O2S+. The maximum absolute atomic E-state index is 13.2. The van der Waals surface area contributed by atoms with Gasteiger partial charge in [-0.05, 0) is 62.6 Å². The lowest BCUT2D eigenvalue weighted by molar-refractivity contribution is -0.00153. The van der Waals surface area contributed by atoms with Gasteiger partial charge in [-0.2, -0.15) is 0 Å². The Balaban J connectivity index is 1.67. The predicted octanol–water partition coefficient (Wildman–Crippen LogP) is 6.69. The minimum Gasteiger partial charge on any atom is -0.442 e. The molecule has 4 rings (SSSR count). The van der Waals surface area contributed by atoms with Crippen LogP contribution in [0.5, 0.6) is 0 Å². The average Bonchev–Trinajstić information content (AvgIpc) is 3.27. The summed E-state index contributed by atoms with van der Waals surface area (Å²) >= 11 is 0. The molecule has 1 saturated carbocycles. The first-order valence-corrected chi connectivity index (χ1v) is 12.1. The summed E-state index contributed by atoms with van der Waals surface area (Å²) in [6.07, 6.45) is 8.71. The molecule has 1 aliphatic rings. The molecule has 0 spiro atoms. The molecule has 0 N–H and O–H groups in total. The zero-order chi connectivity index (χ0) is 22.6. The third-order valence-corrected chi connectivity index (χ3v) is 8.22. The Morgan fingerprint density at radius 3 is 2.12 bits per heavy atom. The second-order valence-electron chi connectivity index (χ2n) is 8.20. The minimum absolute atomic E-state index is 0.00268. The summed E-state index contributed by atoms with van der Waals surface area (Å²) in [5.74, 6) is 2.35. The van der Waals surface area contributed by atoms with Crippen LogP contribution in [0.25, 0.3) is 0 Å². The normalized spacial score (nSPS) is 17.5. The summed E-state index contributed by atoms with van der Waals surface area (Å²) in [7, 11) is -0.336. The second-order valence-corrected chi connectivity index (χ2v) is 10.2. The van der Waals surface area contributed by atoms with Crippen molar-refractivity contribution in [2.75, 3.05) is 0 Å². The highest BCUT2D eigenvalue weighted by molar-refractivity contribution is 7.97. The van der Waals surface area contributed by atoms with E-state index in [0.717, 1.165) is 29.7 Å². The van der Waals surface area contributed by atoms with E-state index in [0.29, 0.717) is 5.56 Å². The van der Waals surface area contributed by atoms with E-state index in [9.17, 15) is 4.79 Å². The topological polar surface area (TPSA) is 26.3 Å². The first-order valence-electron chi connectivity index (χ1n) is 10.8. The summed E-state index contributed by atoms with van der Waals surface area (Å²) in [5.41, 5.74) is 0.597. The summed E-state index contributed by atoms with van der Waals surface area (Å²) in [4.78, 5) is 16.6. The van der Waals surface area contributed by atoms with Crippen LogP contribution in [0.4, 0.5) is 0 Å². The van der Waals surface area contributed by atoms with Crippen LogP contribution < -0.4 is 0 Å². The van der Waals surface area contributed by atoms with Crippen molar-refractivity contribution in [2.24, 2.45) is 5.92 Å². The van der Waals surface area contributed by atoms with Gasteiger partial charge < -0.3 is 4.74 Å². The zero-order valence-electron chi connectivity index (χ0n) is 18.3. The molecule has 160 valence electrons. The Hall–Kier alpha value is -3.22. The molecule has 3 aromatic carbocycles. The van der Waals surface area contributed by atoms with E-state index >= 15 is 0 Å². The van der Waals surface area contributed by atoms with E-state index in [1.807, 2.05) is 55.5 Å². The van der Waals surface area contributed by atoms with Crippen LogP contribution in [0.15, 0.2) is 112 Å². The minimum atomic E-state index is -0.985. The maximum Gasteiger partial charge on any atom is 0.339 e. The highest BCUT2D eigenvalue weighted by Gasteiger charge is 2.40. The number of rotatable bonds is 6. The number of benzene rings is 3. The molecule has 1 fully saturated rings. The number of ether oxygens (including phenoxy) is 1. The van der Waals surface area contributed by atoms with Crippen LogP contribution in [0.3, 0.4) is 0 Å². The van der Waals surface area contributed by atoms with E-state index in [1.54, 1.807) is 6.07 Å². The molecule has 1 aliphatic carbocycles. The zero-order valence-corrected chi connectivity index (χ0v) is 19.1. The van der Waals surface area contributed by atoms with E-state index in [1.165, 1.54) is 9.79 Å². The van der Waals surface area contributed by atoms with Gasteiger partial charge in [0.25, 0.3) is 0 Å². The van der Waals surface area contributed by atoms with Crippen molar-refractivity contribution >= 4 is 16.9 Å². The molecule has 2 atom stereocenters.